The van der Waals surface area contributed by atoms with Crippen LogP contribution in [0.15, 0.2) is 24.3 Å². The van der Waals surface area contributed by atoms with Gasteiger partial charge in [0.15, 0.2) is 0 Å². The third-order valence-corrected chi connectivity index (χ3v) is 7.09. The van der Waals surface area contributed by atoms with Gasteiger partial charge in [-0.15, -0.1) is 10.2 Å². The zero-order valence-corrected chi connectivity index (χ0v) is 18.6. The van der Waals surface area contributed by atoms with Crippen LogP contribution in [0.4, 0.5) is 0 Å². The molecule has 0 unspecified atom stereocenters. The van der Waals surface area contributed by atoms with Crippen LogP contribution in [0, 0.1) is 5.41 Å². The Kier molecular flexibility index (Phi) is 6.11. The lowest BCUT2D eigenvalue weighted by Gasteiger charge is -2.41. The number of aromatic nitrogens is 3. The molecular formula is C24H34N4O2. The average Bonchev–Trinajstić information content (AvgIpc) is 3.11. The summed E-state index contributed by atoms with van der Waals surface area (Å²) in [6.45, 7) is 7.14. The fourth-order valence-electron chi connectivity index (χ4n) is 5.10. The minimum atomic E-state index is 0.267. The number of para-hydroxylation sites is 1. The molecule has 1 aromatic carbocycles. The average molecular weight is 411 g/mol. The maximum Gasteiger partial charge on any atom is 0.222 e. The Labute approximate surface area is 179 Å². The molecule has 0 radical (unpaired) electrons. The molecule has 0 atom stereocenters. The van der Waals surface area contributed by atoms with Gasteiger partial charge in [0.2, 0.25) is 5.91 Å². The van der Waals surface area contributed by atoms with Gasteiger partial charge in [0.1, 0.15) is 17.4 Å². The maximum atomic E-state index is 12.8. The molecule has 2 aliphatic rings. The number of ether oxygens (including phenoxy) is 1. The summed E-state index contributed by atoms with van der Waals surface area (Å²) in [6.07, 6.45) is 6.81. The first-order valence-corrected chi connectivity index (χ1v) is 11.3. The Morgan fingerprint density at radius 1 is 1.10 bits per heavy atom. The van der Waals surface area contributed by atoms with Crippen molar-refractivity contribution >= 4 is 5.91 Å². The van der Waals surface area contributed by atoms with E-state index < -0.39 is 0 Å². The predicted octanol–water partition coefficient (Wildman–Crippen LogP) is 3.99. The van der Waals surface area contributed by atoms with E-state index in [0.29, 0.717) is 17.8 Å². The Morgan fingerprint density at radius 3 is 2.57 bits per heavy atom. The van der Waals surface area contributed by atoms with Gasteiger partial charge in [-0.05, 0) is 49.1 Å². The molecule has 1 fully saturated rings. The summed E-state index contributed by atoms with van der Waals surface area (Å²) in [5.41, 5.74) is 1.45. The van der Waals surface area contributed by atoms with Crippen molar-refractivity contribution in [1.29, 1.82) is 0 Å². The van der Waals surface area contributed by atoms with Crippen molar-refractivity contribution in [2.75, 3.05) is 20.2 Å². The molecule has 6 heteroatoms. The Hall–Kier alpha value is -2.37. The van der Waals surface area contributed by atoms with Gasteiger partial charge in [-0.25, -0.2) is 0 Å². The summed E-state index contributed by atoms with van der Waals surface area (Å²) in [7, 11) is 1.68. The van der Waals surface area contributed by atoms with Crippen LogP contribution in [0.2, 0.25) is 0 Å². The van der Waals surface area contributed by atoms with Crippen LogP contribution in [0.5, 0.6) is 5.75 Å². The quantitative estimate of drug-likeness (QED) is 0.748. The highest BCUT2D eigenvalue weighted by Crippen LogP contribution is 2.42. The van der Waals surface area contributed by atoms with E-state index in [1.54, 1.807) is 7.11 Å². The molecule has 0 saturated carbocycles. The zero-order valence-electron chi connectivity index (χ0n) is 18.6. The molecule has 1 amide bonds. The molecule has 0 N–H and O–H groups in total. The largest absolute Gasteiger partial charge is 0.496 e. The molecule has 0 bridgehead atoms. The number of hydrogen-bond acceptors (Lipinski definition) is 4. The number of carbonyl (C=O) groups is 1. The van der Waals surface area contributed by atoms with Crippen LogP contribution >= 0.6 is 0 Å². The number of nitrogens with zero attached hydrogens (tertiary/aromatic N) is 4. The van der Waals surface area contributed by atoms with Crippen molar-refractivity contribution in [3.05, 3.63) is 41.5 Å². The summed E-state index contributed by atoms with van der Waals surface area (Å²) in [6, 6.07) is 7.98. The van der Waals surface area contributed by atoms with Gasteiger partial charge in [-0.1, -0.05) is 32.0 Å². The van der Waals surface area contributed by atoms with Crippen molar-refractivity contribution in [3.63, 3.8) is 0 Å². The van der Waals surface area contributed by atoms with E-state index in [2.05, 4.69) is 33.5 Å². The lowest BCUT2D eigenvalue weighted by atomic mass is 9.72. The first kappa shape index (κ1) is 20.9. The van der Waals surface area contributed by atoms with Crippen molar-refractivity contribution in [2.24, 2.45) is 5.41 Å². The van der Waals surface area contributed by atoms with Gasteiger partial charge in [-0.3, -0.25) is 4.79 Å². The highest BCUT2D eigenvalue weighted by molar-refractivity contribution is 5.76. The number of rotatable bonds is 5. The van der Waals surface area contributed by atoms with Crippen LogP contribution in [-0.2, 0) is 24.2 Å². The lowest BCUT2D eigenvalue weighted by Crippen LogP contribution is -2.43. The summed E-state index contributed by atoms with van der Waals surface area (Å²) in [5.74, 6) is 3.80. The van der Waals surface area contributed by atoms with Crippen LogP contribution in [0.25, 0.3) is 0 Å². The van der Waals surface area contributed by atoms with E-state index in [4.69, 9.17) is 4.74 Å². The number of methoxy groups -OCH3 is 1. The fourth-order valence-corrected chi connectivity index (χ4v) is 5.10. The molecule has 3 heterocycles. The first-order chi connectivity index (χ1) is 14.5. The molecule has 1 aromatic heterocycles. The fraction of sp³-hybridized carbons (Fsp3) is 0.625. The molecule has 2 aliphatic heterocycles. The van der Waals surface area contributed by atoms with Gasteiger partial charge in [0.05, 0.1) is 7.11 Å². The van der Waals surface area contributed by atoms with Crippen LogP contribution in [-0.4, -0.2) is 45.8 Å². The minimum Gasteiger partial charge on any atom is -0.496 e. The number of aryl methyl sites for hydroxylation is 2. The monoisotopic (exact) mass is 410 g/mol. The summed E-state index contributed by atoms with van der Waals surface area (Å²) >= 11 is 0. The third kappa shape index (κ3) is 4.23. The Balaban J connectivity index is 1.32. The SMILES string of the molecule is COc1ccccc1CCC(=O)N1CCC2(CCc3nnc(C(C)C)n3CC2)CC1. The van der Waals surface area contributed by atoms with E-state index >= 15 is 0 Å². The van der Waals surface area contributed by atoms with Crippen molar-refractivity contribution in [2.45, 2.75) is 71.3 Å². The van der Waals surface area contributed by atoms with Gasteiger partial charge < -0.3 is 14.2 Å². The van der Waals surface area contributed by atoms with Gasteiger partial charge >= 0.3 is 0 Å². The molecule has 1 saturated heterocycles. The van der Waals surface area contributed by atoms with Crippen LogP contribution in [0.3, 0.4) is 0 Å². The molecule has 4 rings (SSSR count). The zero-order chi connectivity index (χ0) is 21.1. The standard InChI is InChI=1S/C24H34N4O2/c1-18(2)23-26-25-21-10-11-24(14-17-28(21)23)12-15-27(16-13-24)22(29)9-8-19-6-4-5-7-20(19)30-3/h4-7,18H,8-17H2,1-3H3. The lowest BCUT2D eigenvalue weighted by molar-refractivity contribution is -0.133. The summed E-state index contributed by atoms with van der Waals surface area (Å²) in [4.78, 5) is 14.9. The molecule has 0 aliphatic carbocycles. The van der Waals surface area contributed by atoms with E-state index in [-0.39, 0.29) is 5.91 Å². The first-order valence-electron chi connectivity index (χ1n) is 11.3. The van der Waals surface area contributed by atoms with Gasteiger partial charge in [-0.2, -0.15) is 0 Å². The highest BCUT2D eigenvalue weighted by atomic mass is 16.5. The number of amides is 1. The second kappa shape index (κ2) is 8.78. The second-order valence-electron chi connectivity index (χ2n) is 9.22. The van der Waals surface area contributed by atoms with Gasteiger partial charge in [0, 0.05) is 38.4 Å². The minimum absolute atomic E-state index is 0.267. The van der Waals surface area contributed by atoms with Gasteiger partial charge in [0.25, 0.3) is 0 Å². The van der Waals surface area contributed by atoms with Crippen molar-refractivity contribution < 1.29 is 9.53 Å². The molecule has 162 valence electrons. The smallest absolute Gasteiger partial charge is 0.222 e. The number of benzene rings is 1. The number of likely N-dealkylation sites (tertiary alicyclic amines) is 1. The maximum absolute atomic E-state index is 12.8. The molecule has 1 spiro atoms. The number of carbonyl (C=O) groups excluding carboxylic acids is 1. The normalized spacial score (nSPS) is 18.3. The second-order valence-corrected chi connectivity index (χ2v) is 9.22. The third-order valence-electron chi connectivity index (χ3n) is 7.09. The summed E-state index contributed by atoms with van der Waals surface area (Å²) < 4.78 is 7.77. The van der Waals surface area contributed by atoms with Crippen molar-refractivity contribution in [3.8, 4) is 5.75 Å². The highest BCUT2D eigenvalue weighted by Gasteiger charge is 2.37. The van der Waals surface area contributed by atoms with E-state index in [1.165, 1.54) is 6.42 Å². The van der Waals surface area contributed by atoms with E-state index in [1.807, 2.05) is 24.3 Å². The number of hydrogen-bond donors (Lipinski definition) is 0. The number of fused-ring (bicyclic) bond motifs is 1. The van der Waals surface area contributed by atoms with Crippen molar-refractivity contribution in [1.82, 2.24) is 19.7 Å². The molecule has 30 heavy (non-hydrogen) atoms. The number of piperidine rings is 1. The van der Waals surface area contributed by atoms with Crippen LogP contribution in [0.1, 0.15) is 69.1 Å². The van der Waals surface area contributed by atoms with Crippen LogP contribution < -0.4 is 4.74 Å². The van der Waals surface area contributed by atoms with E-state index in [9.17, 15) is 4.79 Å². The molecule has 2 aromatic rings. The topological polar surface area (TPSA) is 60.2 Å². The molecule has 6 nitrogen and oxygen atoms in total. The Morgan fingerprint density at radius 2 is 1.83 bits per heavy atom. The Bertz CT molecular complexity index is 881. The predicted molar refractivity (Wildman–Crippen MR) is 117 cm³/mol. The summed E-state index contributed by atoms with van der Waals surface area (Å²) in [5, 5.41) is 8.88. The molecular weight excluding hydrogens is 376 g/mol. The van der Waals surface area contributed by atoms with E-state index in [0.717, 1.165) is 74.7 Å².